The van der Waals surface area contributed by atoms with Crippen LogP contribution in [0.1, 0.15) is 23.3 Å². The van der Waals surface area contributed by atoms with Gasteiger partial charge >= 0.3 is 12.1 Å². The number of aliphatic hydroxyl groups is 1. The Morgan fingerprint density at radius 1 is 1.48 bits per heavy atom. The van der Waals surface area contributed by atoms with Crippen LogP contribution in [0.5, 0.6) is 0 Å². The van der Waals surface area contributed by atoms with Crippen LogP contribution in [0, 0.1) is 23.2 Å². The topological polar surface area (TPSA) is 134 Å². The molecule has 1 aliphatic carbocycles. The minimum atomic E-state index is -5.18. The number of fused-ring (bicyclic) bond motifs is 2. The van der Waals surface area contributed by atoms with Crippen molar-refractivity contribution in [3.05, 3.63) is 24.0 Å². The standard InChI is InChI=1S/C18H19F3N6O3S/c1-31-15-24-13(29)17(26-15)11-9(7-27(17)12(28)10-3-2-6-23-10)4-5-16(11,8-22)25-14(30)18(19,20)21/h2-3,6,9,11,13,23,29H,4-5,7H2,1H3,(H,24,26)(H,25,30)/t9-,11-,13+,16-,17+/m0/s1. The minimum Gasteiger partial charge on any atom is -0.368 e. The summed E-state index contributed by atoms with van der Waals surface area (Å²) in [7, 11) is 0. The molecule has 1 saturated heterocycles. The summed E-state index contributed by atoms with van der Waals surface area (Å²) in [5, 5.41) is 26.1. The smallest absolute Gasteiger partial charge is 0.368 e. The minimum absolute atomic E-state index is 0.0457. The van der Waals surface area contributed by atoms with Crippen LogP contribution < -0.4 is 10.6 Å². The summed E-state index contributed by atoms with van der Waals surface area (Å²) < 4.78 is 39.1. The molecule has 4 rings (SSSR count). The number of amides is 2. The number of likely N-dealkylation sites (tertiary alicyclic amines) is 1. The van der Waals surface area contributed by atoms with Crippen molar-refractivity contribution in [3.8, 4) is 6.07 Å². The Morgan fingerprint density at radius 2 is 2.23 bits per heavy atom. The Kier molecular flexibility index (Phi) is 4.97. The van der Waals surface area contributed by atoms with E-state index >= 15 is 0 Å². The van der Waals surface area contributed by atoms with E-state index in [2.05, 4.69) is 15.3 Å². The van der Waals surface area contributed by atoms with Gasteiger partial charge in [-0.25, -0.2) is 4.99 Å². The number of aliphatic hydroxyl groups excluding tert-OH is 1. The van der Waals surface area contributed by atoms with Gasteiger partial charge in [0.05, 0.1) is 6.07 Å². The van der Waals surface area contributed by atoms with Crippen LogP contribution in [0.2, 0.25) is 0 Å². The van der Waals surface area contributed by atoms with E-state index in [9.17, 15) is 33.1 Å². The van der Waals surface area contributed by atoms with Gasteiger partial charge in [0.25, 0.3) is 5.91 Å². The van der Waals surface area contributed by atoms with Gasteiger partial charge in [-0.05, 0) is 37.1 Å². The third-order valence-electron chi connectivity index (χ3n) is 6.25. The summed E-state index contributed by atoms with van der Waals surface area (Å²) in [6, 6.07) is 5.01. The van der Waals surface area contributed by atoms with Crippen LogP contribution >= 0.6 is 11.8 Å². The van der Waals surface area contributed by atoms with E-state index in [1.54, 1.807) is 18.5 Å². The van der Waals surface area contributed by atoms with Crippen molar-refractivity contribution in [1.82, 2.24) is 20.5 Å². The zero-order chi connectivity index (χ0) is 22.6. The molecule has 166 valence electrons. The van der Waals surface area contributed by atoms with Crippen molar-refractivity contribution in [2.45, 2.75) is 36.4 Å². The second kappa shape index (κ2) is 7.16. The van der Waals surface area contributed by atoms with Crippen molar-refractivity contribution < 1.29 is 27.9 Å². The van der Waals surface area contributed by atoms with E-state index in [0.717, 1.165) is 11.8 Å². The molecular weight excluding hydrogens is 437 g/mol. The number of aromatic nitrogens is 1. The largest absolute Gasteiger partial charge is 0.471 e. The van der Waals surface area contributed by atoms with E-state index in [1.165, 1.54) is 11.0 Å². The van der Waals surface area contributed by atoms with Crippen LogP contribution in [0.3, 0.4) is 0 Å². The third kappa shape index (κ3) is 3.08. The fourth-order valence-electron chi connectivity index (χ4n) is 5.08. The molecule has 13 heteroatoms. The van der Waals surface area contributed by atoms with E-state index in [0.29, 0.717) is 0 Å². The van der Waals surface area contributed by atoms with Gasteiger partial charge in [-0.3, -0.25) is 9.59 Å². The molecule has 3 heterocycles. The lowest BCUT2D eigenvalue weighted by atomic mass is 9.76. The number of carbonyl (C=O) groups excluding carboxylic acids is 2. The van der Waals surface area contributed by atoms with Gasteiger partial charge in [0.1, 0.15) is 11.2 Å². The lowest BCUT2D eigenvalue weighted by Gasteiger charge is -2.45. The fourth-order valence-corrected chi connectivity index (χ4v) is 5.55. The highest BCUT2D eigenvalue weighted by atomic mass is 32.2. The number of rotatable bonds is 2. The molecule has 0 bridgehead atoms. The van der Waals surface area contributed by atoms with Crippen LogP contribution in [-0.4, -0.2) is 68.4 Å². The van der Waals surface area contributed by atoms with Gasteiger partial charge in [0.2, 0.25) is 0 Å². The third-order valence-corrected chi connectivity index (χ3v) is 6.84. The molecule has 31 heavy (non-hydrogen) atoms. The van der Waals surface area contributed by atoms with Gasteiger partial charge in [-0.15, -0.1) is 0 Å². The molecule has 2 fully saturated rings. The van der Waals surface area contributed by atoms with Crippen LogP contribution in [0.4, 0.5) is 13.2 Å². The molecule has 1 aromatic rings. The predicted octanol–water partition coefficient (Wildman–Crippen LogP) is 0.774. The van der Waals surface area contributed by atoms with Crippen molar-refractivity contribution in [1.29, 1.82) is 5.26 Å². The number of thioether (sulfide) groups is 1. The highest BCUT2D eigenvalue weighted by Gasteiger charge is 2.71. The van der Waals surface area contributed by atoms with E-state index in [-0.39, 0.29) is 30.2 Å². The maximum Gasteiger partial charge on any atom is 0.471 e. The van der Waals surface area contributed by atoms with Crippen molar-refractivity contribution in [2.75, 3.05) is 12.8 Å². The lowest BCUT2D eigenvalue weighted by Crippen LogP contribution is -2.70. The molecule has 1 spiro atoms. The number of aliphatic imine (C=N–C) groups is 1. The first-order valence-electron chi connectivity index (χ1n) is 9.43. The van der Waals surface area contributed by atoms with Gasteiger partial charge in [0, 0.05) is 18.7 Å². The van der Waals surface area contributed by atoms with Crippen molar-refractivity contribution in [2.24, 2.45) is 16.8 Å². The number of aromatic amines is 1. The number of H-pyrrole nitrogens is 1. The average molecular weight is 456 g/mol. The number of carbonyl (C=O) groups is 2. The summed E-state index contributed by atoms with van der Waals surface area (Å²) in [6.07, 6.45) is -3.26. The number of hydrogen-bond donors (Lipinski definition) is 4. The maximum atomic E-state index is 13.3. The molecule has 1 saturated carbocycles. The Bertz CT molecular complexity index is 977. The second-order valence-electron chi connectivity index (χ2n) is 7.77. The van der Waals surface area contributed by atoms with Crippen LogP contribution in [0.25, 0.3) is 0 Å². The molecule has 9 nitrogen and oxygen atoms in total. The number of nitrogens with one attached hydrogen (secondary N) is 3. The Labute approximate surface area is 179 Å². The molecule has 0 radical (unpaired) electrons. The maximum absolute atomic E-state index is 13.3. The van der Waals surface area contributed by atoms with Gasteiger partial charge in [-0.2, -0.15) is 18.4 Å². The predicted molar refractivity (Wildman–Crippen MR) is 103 cm³/mol. The normalized spacial score (nSPS) is 34.3. The first-order valence-corrected chi connectivity index (χ1v) is 10.7. The summed E-state index contributed by atoms with van der Waals surface area (Å²) >= 11 is 1.15. The molecule has 5 atom stereocenters. The first kappa shape index (κ1) is 21.5. The molecule has 1 aromatic heterocycles. The molecule has 4 N–H and O–H groups in total. The quantitative estimate of drug-likeness (QED) is 0.520. The van der Waals surface area contributed by atoms with E-state index in [4.69, 9.17) is 0 Å². The molecule has 2 amide bonds. The van der Waals surface area contributed by atoms with Crippen molar-refractivity contribution >= 4 is 28.7 Å². The molecular formula is C18H19F3N6O3S. The molecule has 0 unspecified atom stereocenters. The van der Waals surface area contributed by atoms with Crippen LogP contribution in [0.15, 0.2) is 23.3 Å². The highest BCUT2D eigenvalue weighted by Crippen LogP contribution is 2.55. The van der Waals surface area contributed by atoms with Crippen LogP contribution in [-0.2, 0) is 4.79 Å². The van der Waals surface area contributed by atoms with Gasteiger partial charge < -0.3 is 25.6 Å². The summed E-state index contributed by atoms with van der Waals surface area (Å²) in [6.45, 7) is 0.0785. The number of alkyl halides is 3. The summed E-state index contributed by atoms with van der Waals surface area (Å²) in [5.41, 5.74) is -3.41. The number of nitriles is 1. The molecule has 3 aliphatic rings. The Hall–Kier alpha value is -2.72. The molecule has 0 aromatic carbocycles. The zero-order valence-electron chi connectivity index (χ0n) is 16.2. The lowest BCUT2D eigenvalue weighted by molar-refractivity contribution is -0.176. The zero-order valence-corrected chi connectivity index (χ0v) is 17.0. The van der Waals surface area contributed by atoms with Gasteiger partial charge in [-0.1, -0.05) is 11.8 Å². The number of nitrogens with zero attached hydrogens (tertiary/aromatic N) is 3. The van der Waals surface area contributed by atoms with Crippen molar-refractivity contribution in [3.63, 3.8) is 0 Å². The number of amidine groups is 1. The average Bonchev–Trinajstić information content (AvgIpc) is 3.48. The molecule has 2 aliphatic heterocycles. The fraction of sp³-hybridized carbons (Fsp3) is 0.556. The Balaban J connectivity index is 1.80. The SMILES string of the molecule is CSC1=N[C@H](O)[C@@]2(N1)[C@H]1[C@@H](CC[C@@]1(C#N)NC(=O)C(F)(F)F)CN2C(=O)c1ccc[nH]1. The first-order chi connectivity index (χ1) is 14.6. The Morgan fingerprint density at radius 3 is 2.77 bits per heavy atom. The monoisotopic (exact) mass is 456 g/mol. The highest BCUT2D eigenvalue weighted by molar-refractivity contribution is 8.13. The van der Waals surface area contributed by atoms with E-state index in [1.807, 2.05) is 11.4 Å². The van der Waals surface area contributed by atoms with E-state index < -0.39 is 47.3 Å². The van der Waals surface area contributed by atoms with Gasteiger partial charge in [0.15, 0.2) is 17.1 Å². The summed E-state index contributed by atoms with van der Waals surface area (Å²) in [5.74, 6) is -4.21. The second-order valence-corrected chi connectivity index (χ2v) is 8.57. The number of hydrogen-bond acceptors (Lipinski definition) is 7. The summed E-state index contributed by atoms with van der Waals surface area (Å²) in [4.78, 5) is 33.3. The number of halogens is 3.